The molecule has 0 N–H and O–H groups in total. The number of carbonyl (C=O) groups is 1. The molecule has 0 spiro atoms. The molecule has 1 aliphatic rings. The zero-order valence-corrected chi connectivity index (χ0v) is 15.8. The van der Waals surface area contributed by atoms with Crippen LogP contribution < -0.4 is 14.4 Å². The van der Waals surface area contributed by atoms with Gasteiger partial charge in [0.25, 0.3) is 5.91 Å². The Bertz CT molecular complexity index is 878. The Morgan fingerprint density at radius 1 is 1.19 bits per heavy atom. The second kappa shape index (κ2) is 8.21. The molecule has 0 bridgehead atoms. The van der Waals surface area contributed by atoms with E-state index in [0.717, 1.165) is 11.3 Å². The third kappa shape index (κ3) is 3.81. The number of carbonyl (C=O) groups excluding carboxylic acids is 1. The lowest BCUT2D eigenvalue weighted by atomic mass is 10.2. The first-order chi connectivity index (χ1) is 12.6. The number of hydrogen-bond acceptors (Lipinski definition) is 5. The zero-order chi connectivity index (χ0) is 18.5. The summed E-state index contributed by atoms with van der Waals surface area (Å²) in [7, 11) is 1.58. The lowest BCUT2D eigenvalue weighted by Crippen LogP contribution is -2.27. The zero-order valence-electron chi connectivity index (χ0n) is 14.2. The highest BCUT2D eigenvalue weighted by Crippen LogP contribution is 2.37. The second-order valence-electron chi connectivity index (χ2n) is 5.36. The minimum Gasteiger partial charge on any atom is -0.493 e. The average Bonchev–Trinajstić information content (AvgIpc) is 2.94. The van der Waals surface area contributed by atoms with Gasteiger partial charge in [0.2, 0.25) is 0 Å². The van der Waals surface area contributed by atoms with E-state index >= 15 is 0 Å². The standard InChI is InChI=1S/C20H17NO3S2/c1-3-11-24-16-10-9-14(12-17(16)23-2)13-18-19(22)21(20(25)26-18)15-7-5-4-6-8-15/h3-10,12-13H,1,11H2,2H3/b18-13-. The van der Waals surface area contributed by atoms with Crippen LogP contribution in [-0.4, -0.2) is 23.9 Å². The minimum atomic E-state index is -0.128. The van der Waals surface area contributed by atoms with Crippen molar-refractivity contribution in [2.45, 2.75) is 0 Å². The van der Waals surface area contributed by atoms with E-state index in [4.69, 9.17) is 21.7 Å². The summed E-state index contributed by atoms with van der Waals surface area (Å²) in [6.07, 6.45) is 3.48. The van der Waals surface area contributed by atoms with Crippen LogP contribution in [-0.2, 0) is 4.79 Å². The number of thiocarbonyl (C=S) groups is 1. The van der Waals surface area contributed by atoms with Crippen molar-refractivity contribution in [1.29, 1.82) is 0 Å². The smallest absolute Gasteiger partial charge is 0.270 e. The maximum absolute atomic E-state index is 12.8. The van der Waals surface area contributed by atoms with Gasteiger partial charge >= 0.3 is 0 Å². The summed E-state index contributed by atoms with van der Waals surface area (Å²) in [5.41, 5.74) is 1.60. The number of anilines is 1. The van der Waals surface area contributed by atoms with Crippen LogP contribution in [0.15, 0.2) is 66.1 Å². The van der Waals surface area contributed by atoms with E-state index in [1.807, 2.05) is 54.6 Å². The quantitative estimate of drug-likeness (QED) is 0.412. The van der Waals surface area contributed by atoms with Gasteiger partial charge in [-0.1, -0.05) is 60.9 Å². The van der Waals surface area contributed by atoms with Gasteiger partial charge in [-0.3, -0.25) is 9.69 Å². The maximum Gasteiger partial charge on any atom is 0.270 e. The van der Waals surface area contributed by atoms with Gasteiger partial charge in [0.1, 0.15) is 6.61 Å². The van der Waals surface area contributed by atoms with Crippen LogP contribution in [0.4, 0.5) is 5.69 Å². The Labute approximate surface area is 162 Å². The topological polar surface area (TPSA) is 38.8 Å². The Morgan fingerprint density at radius 2 is 1.96 bits per heavy atom. The van der Waals surface area contributed by atoms with Crippen LogP contribution in [0.1, 0.15) is 5.56 Å². The third-order valence-corrected chi connectivity index (χ3v) is 4.95. The number of methoxy groups -OCH3 is 1. The summed E-state index contributed by atoms with van der Waals surface area (Å²) < 4.78 is 11.4. The van der Waals surface area contributed by atoms with Crippen molar-refractivity contribution in [2.75, 3.05) is 18.6 Å². The molecule has 26 heavy (non-hydrogen) atoms. The van der Waals surface area contributed by atoms with Gasteiger partial charge in [0, 0.05) is 0 Å². The Kier molecular flexibility index (Phi) is 5.75. The van der Waals surface area contributed by atoms with Crippen LogP contribution >= 0.6 is 24.0 Å². The van der Waals surface area contributed by atoms with Crippen LogP contribution in [0, 0.1) is 0 Å². The molecule has 1 fully saturated rings. The summed E-state index contributed by atoms with van der Waals surface area (Å²) >= 11 is 6.67. The van der Waals surface area contributed by atoms with Crippen molar-refractivity contribution in [1.82, 2.24) is 0 Å². The summed E-state index contributed by atoms with van der Waals surface area (Å²) in [5, 5.41) is 0. The van der Waals surface area contributed by atoms with Gasteiger partial charge in [-0.2, -0.15) is 0 Å². The number of rotatable bonds is 6. The molecular weight excluding hydrogens is 366 g/mol. The first-order valence-electron chi connectivity index (χ1n) is 7.89. The summed E-state index contributed by atoms with van der Waals surface area (Å²) in [4.78, 5) is 14.9. The maximum atomic E-state index is 12.8. The summed E-state index contributed by atoms with van der Waals surface area (Å²) in [5.74, 6) is 1.10. The highest BCUT2D eigenvalue weighted by Gasteiger charge is 2.33. The molecule has 1 aliphatic heterocycles. The molecule has 132 valence electrons. The molecule has 1 saturated heterocycles. The molecule has 1 heterocycles. The normalized spacial score (nSPS) is 15.4. The summed E-state index contributed by atoms with van der Waals surface area (Å²) in [6.45, 7) is 4.03. The number of ether oxygens (including phenoxy) is 2. The van der Waals surface area contributed by atoms with Crippen molar-refractivity contribution in [3.63, 3.8) is 0 Å². The predicted octanol–water partition coefficient (Wildman–Crippen LogP) is 4.67. The van der Waals surface area contributed by atoms with E-state index in [0.29, 0.717) is 27.3 Å². The van der Waals surface area contributed by atoms with E-state index in [1.165, 1.54) is 11.8 Å². The fourth-order valence-electron chi connectivity index (χ4n) is 2.46. The number of hydrogen-bond donors (Lipinski definition) is 0. The van der Waals surface area contributed by atoms with Crippen molar-refractivity contribution in [3.05, 3.63) is 71.7 Å². The van der Waals surface area contributed by atoms with E-state index < -0.39 is 0 Å². The molecule has 6 heteroatoms. The molecule has 0 aliphatic carbocycles. The molecule has 2 aromatic carbocycles. The Hall–Kier alpha value is -2.57. The largest absolute Gasteiger partial charge is 0.493 e. The van der Waals surface area contributed by atoms with Gasteiger partial charge in [0.15, 0.2) is 15.8 Å². The summed E-state index contributed by atoms with van der Waals surface area (Å²) in [6, 6.07) is 14.9. The first kappa shape index (κ1) is 18.2. The lowest BCUT2D eigenvalue weighted by Gasteiger charge is -2.13. The molecule has 0 unspecified atom stereocenters. The van der Waals surface area contributed by atoms with Gasteiger partial charge in [-0.15, -0.1) is 0 Å². The van der Waals surface area contributed by atoms with Crippen molar-refractivity contribution in [3.8, 4) is 11.5 Å². The van der Waals surface area contributed by atoms with Crippen LogP contribution in [0.2, 0.25) is 0 Å². The van der Waals surface area contributed by atoms with Gasteiger partial charge in [-0.25, -0.2) is 0 Å². The number of para-hydroxylation sites is 1. The fraction of sp³-hybridized carbons (Fsp3) is 0.100. The van der Waals surface area contributed by atoms with Crippen molar-refractivity contribution < 1.29 is 14.3 Å². The average molecular weight is 383 g/mol. The van der Waals surface area contributed by atoms with Gasteiger partial charge in [0.05, 0.1) is 17.7 Å². The van der Waals surface area contributed by atoms with Crippen molar-refractivity contribution >= 4 is 46.0 Å². The number of thioether (sulfide) groups is 1. The van der Waals surface area contributed by atoms with E-state index in [-0.39, 0.29) is 5.91 Å². The minimum absolute atomic E-state index is 0.128. The SMILES string of the molecule is C=CCOc1ccc(/C=C2\SC(=S)N(c3ccccc3)C2=O)cc1OC. The molecular formula is C20H17NO3S2. The molecule has 0 saturated carbocycles. The Balaban J connectivity index is 1.87. The van der Waals surface area contributed by atoms with Crippen molar-refractivity contribution in [2.24, 2.45) is 0 Å². The molecule has 0 atom stereocenters. The lowest BCUT2D eigenvalue weighted by molar-refractivity contribution is -0.113. The predicted molar refractivity (Wildman–Crippen MR) is 111 cm³/mol. The van der Waals surface area contributed by atoms with Crippen LogP contribution in [0.25, 0.3) is 6.08 Å². The molecule has 0 radical (unpaired) electrons. The highest BCUT2D eigenvalue weighted by molar-refractivity contribution is 8.27. The monoisotopic (exact) mass is 383 g/mol. The Morgan fingerprint density at radius 3 is 2.65 bits per heavy atom. The second-order valence-corrected chi connectivity index (χ2v) is 7.04. The number of nitrogens with zero attached hydrogens (tertiary/aromatic N) is 1. The number of benzene rings is 2. The van der Waals surface area contributed by atoms with E-state index in [9.17, 15) is 4.79 Å². The van der Waals surface area contributed by atoms with Crippen LogP contribution in [0.3, 0.4) is 0 Å². The molecule has 2 aromatic rings. The molecule has 4 nitrogen and oxygen atoms in total. The van der Waals surface area contributed by atoms with E-state index in [1.54, 1.807) is 18.1 Å². The number of amides is 1. The molecule has 0 aromatic heterocycles. The highest BCUT2D eigenvalue weighted by atomic mass is 32.2. The fourth-order valence-corrected chi connectivity index (χ4v) is 3.76. The van der Waals surface area contributed by atoms with Gasteiger partial charge < -0.3 is 9.47 Å². The molecule has 3 rings (SSSR count). The molecule has 1 amide bonds. The van der Waals surface area contributed by atoms with Crippen LogP contribution in [0.5, 0.6) is 11.5 Å². The van der Waals surface area contributed by atoms with E-state index in [2.05, 4.69) is 6.58 Å². The van der Waals surface area contributed by atoms with Gasteiger partial charge in [-0.05, 0) is 35.9 Å². The first-order valence-corrected chi connectivity index (χ1v) is 9.11. The third-order valence-electron chi connectivity index (χ3n) is 3.65.